The van der Waals surface area contributed by atoms with Crippen molar-refractivity contribution in [3.63, 3.8) is 0 Å². The third kappa shape index (κ3) is 2.08. The van der Waals surface area contributed by atoms with Crippen molar-refractivity contribution in [2.45, 2.75) is 30.7 Å². The number of aryl methyl sites for hydroxylation is 1. The summed E-state index contributed by atoms with van der Waals surface area (Å²) in [6, 6.07) is 7.86. The molecule has 2 heterocycles. The van der Waals surface area contributed by atoms with Gasteiger partial charge in [0.1, 0.15) is 4.90 Å². The molecule has 1 aliphatic heterocycles. The minimum atomic E-state index is -3.48. The molecule has 2 N–H and O–H groups in total. The van der Waals surface area contributed by atoms with E-state index in [0.717, 1.165) is 29.4 Å². The Morgan fingerprint density at radius 3 is 2.65 bits per heavy atom. The number of nitrogens with zero attached hydrogens (tertiary/aromatic N) is 2. The molecule has 6 heteroatoms. The Kier molecular flexibility index (Phi) is 3.34. The van der Waals surface area contributed by atoms with E-state index in [9.17, 15) is 8.42 Å². The highest BCUT2D eigenvalue weighted by Gasteiger charge is 2.45. The van der Waals surface area contributed by atoms with E-state index in [1.807, 2.05) is 42.8 Å². The van der Waals surface area contributed by atoms with Gasteiger partial charge in [0.2, 0.25) is 10.0 Å². The minimum absolute atomic E-state index is 0.147. The molecule has 2 aromatic rings. The van der Waals surface area contributed by atoms with Crippen LogP contribution >= 0.6 is 0 Å². The molecule has 3 atom stereocenters. The SMILES string of the molecule is Cc1c(S(=O)(=O)N2CC3CCC(N)C3C2)c2ccccc2n1C. The van der Waals surface area contributed by atoms with Gasteiger partial charge < -0.3 is 10.3 Å². The second-order valence-electron chi connectivity index (χ2n) is 6.98. The van der Waals surface area contributed by atoms with E-state index in [-0.39, 0.29) is 6.04 Å². The summed E-state index contributed by atoms with van der Waals surface area (Å²) in [5, 5.41) is 0.814. The van der Waals surface area contributed by atoms with Crippen LogP contribution in [-0.2, 0) is 17.1 Å². The standard InChI is InChI=1S/C17H23N3O2S/c1-11-17(13-5-3-4-6-16(13)19(11)2)23(21,22)20-9-12-7-8-15(18)14(12)10-20/h3-6,12,14-15H,7-10,18H2,1-2H3. The van der Waals surface area contributed by atoms with Crippen LogP contribution in [0.15, 0.2) is 29.2 Å². The van der Waals surface area contributed by atoms with E-state index >= 15 is 0 Å². The lowest BCUT2D eigenvalue weighted by Crippen LogP contribution is -2.33. The highest BCUT2D eigenvalue weighted by Crippen LogP contribution is 2.41. The van der Waals surface area contributed by atoms with Gasteiger partial charge in [-0.1, -0.05) is 18.2 Å². The molecule has 1 aliphatic carbocycles. The smallest absolute Gasteiger partial charge is 0.245 e. The summed E-state index contributed by atoms with van der Waals surface area (Å²) in [5.41, 5.74) is 7.92. The molecular formula is C17H23N3O2S. The first-order valence-electron chi connectivity index (χ1n) is 8.21. The summed E-state index contributed by atoms with van der Waals surface area (Å²) in [6.45, 7) is 3.07. The molecule has 0 amide bonds. The fourth-order valence-corrected chi connectivity index (χ4v) is 6.38. The van der Waals surface area contributed by atoms with E-state index < -0.39 is 10.0 Å². The number of benzene rings is 1. The number of hydrogen-bond acceptors (Lipinski definition) is 3. The van der Waals surface area contributed by atoms with E-state index in [2.05, 4.69) is 0 Å². The van der Waals surface area contributed by atoms with Crippen molar-refractivity contribution < 1.29 is 8.42 Å². The number of fused-ring (bicyclic) bond motifs is 2. The lowest BCUT2D eigenvalue weighted by atomic mass is 9.98. The Labute approximate surface area is 137 Å². The largest absolute Gasteiger partial charge is 0.347 e. The molecule has 2 aliphatic rings. The Morgan fingerprint density at radius 2 is 1.91 bits per heavy atom. The Balaban J connectivity index is 1.80. The minimum Gasteiger partial charge on any atom is -0.347 e. The average Bonchev–Trinajstić information content (AvgIpc) is 3.16. The van der Waals surface area contributed by atoms with Gasteiger partial charge in [-0.25, -0.2) is 8.42 Å². The normalized spacial score (nSPS) is 28.6. The maximum atomic E-state index is 13.3. The monoisotopic (exact) mass is 333 g/mol. The molecule has 124 valence electrons. The predicted molar refractivity (Wildman–Crippen MR) is 90.6 cm³/mol. The zero-order chi connectivity index (χ0) is 16.4. The summed E-state index contributed by atoms with van der Waals surface area (Å²) in [6.07, 6.45) is 2.07. The summed E-state index contributed by atoms with van der Waals surface area (Å²) < 4.78 is 30.2. The van der Waals surface area contributed by atoms with E-state index in [0.29, 0.717) is 29.8 Å². The van der Waals surface area contributed by atoms with E-state index in [4.69, 9.17) is 5.73 Å². The van der Waals surface area contributed by atoms with Crippen LogP contribution in [0.1, 0.15) is 18.5 Å². The number of hydrogen-bond donors (Lipinski definition) is 1. The van der Waals surface area contributed by atoms with Crippen LogP contribution in [0.3, 0.4) is 0 Å². The maximum absolute atomic E-state index is 13.3. The Bertz CT molecular complexity index is 871. The number of nitrogens with two attached hydrogens (primary N) is 1. The maximum Gasteiger partial charge on any atom is 0.245 e. The average molecular weight is 333 g/mol. The van der Waals surface area contributed by atoms with Gasteiger partial charge in [-0.2, -0.15) is 4.31 Å². The van der Waals surface area contributed by atoms with Gasteiger partial charge in [0.25, 0.3) is 0 Å². The van der Waals surface area contributed by atoms with Gasteiger partial charge >= 0.3 is 0 Å². The van der Waals surface area contributed by atoms with Gasteiger partial charge in [0.05, 0.1) is 0 Å². The summed E-state index contributed by atoms with van der Waals surface area (Å²) in [4.78, 5) is 0.462. The zero-order valence-corrected chi connectivity index (χ0v) is 14.4. The quantitative estimate of drug-likeness (QED) is 0.912. The number of sulfonamides is 1. The predicted octanol–water partition coefficient (Wildman–Crippen LogP) is 1.84. The first kappa shape index (κ1) is 15.2. The molecule has 3 unspecified atom stereocenters. The van der Waals surface area contributed by atoms with Crippen LogP contribution in [0, 0.1) is 18.8 Å². The van der Waals surface area contributed by atoms with Crippen LogP contribution in [0.5, 0.6) is 0 Å². The summed E-state index contributed by atoms with van der Waals surface area (Å²) >= 11 is 0. The van der Waals surface area contributed by atoms with Gasteiger partial charge in [-0.15, -0.1) is 0 Å². The first-order chi connectivity index (χ1) is 10.9. The third-order valence-electron chi connectivity index (χ3n) is 5.82. The van der Waals surface area contributed by atoms with Crippen molar-refractivity contribution in [2.75, 3.05) is 13.1 Å². The lowest BCUT2D eigenvalue weighted by molar-refractivity contribution is 0.427. The molecule has 23 heavy (non-hydrogen) atoms. The van der Waals surface area contributed by atoms with Crippen molar-refractivity contribution in [3.05, 3.63) is 30.0 Å². The first-order valence-corrected chi connectivity index (χ1v) is 9.65. The van der Waals surface area contributed by atoms with Gasteiger partial charge in [0.15, 0.2) is 0 Å². The zero-order valence-electron chi connectivity index (χ0n) is 13.6. The van der Waals surface area contributed by atoms with Crippen molar-refractivity contribution in [1.29, 1.82) is 0 Å². The van der Waals surface area contributed by atoms with Crippen molar-refractivity contribution in [1.82, 2.24) is 8.87 Å². The van der Waals surface area contributed by atoms with Crippen LogP contribution in [0.4, 0.5) is 0 Å². The highest BCUT2D eigenvalue weighted by atomic mass is 32.2. The fraction of sp³-hybridized carbons (Fsp3) is 0.529. The molecule has 0 radical (unpaired) electrons. The number of aromatic nitrogens is 1. The molecule has 1 aromatic heterocycles. The van der Waals surface area contributed by atoms with Crippen molar-refractivity contribution in [3.8, 4) is 0 Å². The molecule has 1 saturated carbocycles. The number of rotatable bonds is 2. The van der Waals surface area contributed by atoms with Gasteiger partial charge in [-0.05, 0) is 37.7 Å². The molecule has 2 fully saturated rings. The molecular weight excluding hydrogens is 310 g/mol. The van der Waals surface area contributed by atoms with Gasteiger partial charge in [-0.3, -0.25) is 0 Å². The Morgan fingerprint density at radius 1 is 1.17 bits per heavy atom. The molecule has 0 bridgehead atoms. The van der Waals surface area contributed by atoms with Gasteiger partial charge in [0, 0.05) is 42.8 Å². The molecule has 1 aromatic carbocycles. The van der Waals surface area contributed by atoms with Crippen molar-refractivity contribution >= 4 is 20.9 Å². The van der Waals surface area contributed by atoms with Crippen molar-refractivity contribution in [2.24, 2.45) is 24.6 Å². The number of para-hydroxylation sites is 1. The summed E-state index contributed by atoms with van der Waals surface area (Å²) in [7, 11) is -1.56. The van der Waals surface area contributed by atoms with E-state index in [1.54, 1.807) is 4.31 Å². The van der Waals surface area contributed by atoms with Crippen LogP contribution < -0.4 is 5.73 Å². The van der Waals surface area contributed by atoms with Crippen LogP contribution in [-0.4, -0.2) is 36.4 Å². The molecule has 4 rings (SSSR count). The lowest BCUT2D eigenvalue weighted by Gasteiger charge is -2.19. The highest BCUT2D eigenvalue weighted by molar-refractivity contribution is 7.89. The van der Waals surface area contributed by atoms with Crippen LogP contribution in [0.25, 0.3) is 10.9 Å². The molecule has 1 saturated heterocycles. The molecule has 5 nitrogen and oxygen atoms in total. The van der Waals surface area contributed by atoms with Crippen LogP contribution in [0.2, 0.25) is 0 Å². The molecule has 0 spiro atoms. The van der Waals surface area contributed by atoms with E-state index in [1.165, 1.54) is 0 Å². The second-order valence-corrected chi connectivity index (χ2v) is 8.85. The third-order valence-corrected chi connectivity index (χ3v) is 7.83. The second kappa shape index (κ2) is 5.06. The fourth-order valence-electron chi connectivity index (χ4n) is 4.40. The topological polar surface area (TPSA) is 68.3 Å². The summed E-state index contributed by atoms with van der Waals surface area (Å²) in [5.74, 6) is 0.745. The Hall–Kier alpha value is -1.37.